The third kappa shape index (κ3) is 3.39. The van der Waals surface area contributed by atoms with E-state index in [1.54, 1.807) is 18.3 Å². The maximum absolute atomic E-state index is 13.0. The SMILES string of the molecule is CC(NCCn1cccn1)c1cccc(F)c1. The van der Waals surface area contributed by atoms with Gasteiger partial charge in [-0.15, -0.1) is 0 Å². The summed E-state index contributed by atoms with van der Waals surface area (Å²) in [5.74, 6) is -0.191. The maximum atomic E-state index is 13.0. The number of hydrogen-bond donors (Lipinski definition) is 1. The molecule has 1 atom stereocenters. The highest BCUT2D eigenvalue weighted by Crippen LogP contribution is 2.12. The first-order valence-corrected chi connectivity index (χ1v) is 5.72. The van der Waals surface area contributed by atoms with Crippen LogP contribution in [0.3, 0.4) is 0 Å². The lowest BCUT2D eigenvalue weighted by Crippen LogP contribution is -2.23. The fourth-order valence-corrected chi connectivity index (χ4v) is 1.72. The molecule has 1 N–H and O–H groups in total. The van der Waals surface area contributed by atoms with Crippen LogP contribution in [0, 0.1) is 5.82 Å². The molecule has 1 heterocycles. The number of benzene rings is 1. The van der Waals surface area contributed by atoms with E-state index < -0.39 is 0 Å². The summed E-state index contributed by atoms with van der Waals surface area (Å²) in [4.78, 5) is 0. The smallest absolute Gasteiger partial charge is 0.123 e. The Labute approximate surface area is 100 Å². The first kappa shape index (κ1) is 11.8. The molecule has 0 radical (unpaired) electrons. The number of aromatic nitrogens is 2. The molecule has 0 saturated carbocycles. The number of nitrogens with zero attached hydrogens (tertiary/aromatic N) is 2. The molecular formula is C13H16FN3. The van der Waals surface area contributed by atoms with Crippen molar-refractivity contribution in [3.8, 4) is 0 Å². The van der Waals surface area contributed by atoms with Gasteiger partial charge in [0, 0.05) is 25.0 Å². The number of hydrogen-bond acceptors (Lipinski definition) is 2. The van der Waals surface area contributed by atoms with Crippen LogP contribution in [0.1, 0.15) is 18.5 Å². The normalized spacial score (nSPS) is 12.6. The van der Waals surface area contributed by atoms with Crippen LogP contribution >= 0.6 is 0 Å². The van der Waals surface area contributed by atoms with Crippen LogP contribution in [-0.2, 0) is 6.54 Å². The van der Waals surface area contributed by atoms with E-state index in [1.165, 1.54) is 6.07 Å². The van der Waals surface area contributed by atoms with Gasteiger partial charge in [0.05, 0.1) is 6.54 Å². The molecule has 2 aromatic rings. The molecule has 0 amide bonds. The van der Waals surface area contributed by atoms with Crippen molar-refractivity contribution in [1.29, 1.82) is 0 Å². The molecule has 4 heteroatoms. The highest BCUT2D eigenvalue weighted by atomic mass is 19.1. The van der Waals surface area contributed by atoms with Crippen molar-refractivity contribution in [2.45, 2.75) is 19.5 Å². The molecule has 0 aliphatic rings. The summed E-state index contributed by atoms with van der Waals surface area (Å²) in [7, 11) is 0. The highest BCUT2D eigenvalue weighted by molar-refractivity contribution is 5.19. The van der Waals surface area contributed by atoms with Crippen LogP contribution in [-0.4, -0.2) is 16.3 Å². The van der Waals surface area contributed by atoms with Gasteiger partial charge in [-0.25, -0.2) is 4.39 Å². The lowest BCUT2D eigenvalue weighted by molar-refractivity contribution is 0.505. The van der Waals surface area contributed by atoms with E-state index in [9.17, 15) is 4.39 Å². The maximum Gasteiger partial charge on any atom is 0.123 e. The van der Waals surface area contributed by atoms with Crippen molar-refractivity contribution < 1.29 is 4.39 Å². The molecule has 1 unspecified atom stereocenters. The van der Waals surface area contributed by atoms with Crippen molar-refractivity contribution in [3.05, 3.63) is 54.1 Å². The van der Waals surface area contributed by atoms with Crippen LogP contribution in [0.4, 0.5) is 4.39 Å². The minimum absolute atomic E-state index is 0.140. The van der Waals surface area contributed by atoms with E-state index in [-0.39, 0.29) is 11.9 Å². The van der Waals surface area contributed by atoms with Gasteiger partial charge in [-0.05, 0) is 30.7 Å². The van der Waals surface area contributed by atoms with Crippen LogP contribution in [0.25, 0.3) is 0 Å². The fourth-order valence-electron chi connectivity index (χ4n) is 1.72. The second-order valence-electron chi connectivity index (χ2n) is 4.00. The second-order valence-corrected chi connectivity index (χ2v) is 4.00. The Balaban J connectivity index is 1.83. The minimum atomic E-state index is -0.191. The Morgan fingerprint density at radius 2 is 2.29 bits per heavy atom. The Morgan fingerprint density at radius 3 is 3.00 bits per heavy atom. The van der Waals surface area contributed by atoms with Gasteiger partial charge in [0.15, 0.2) is 0 Å². The van der Waals surface area contributed by atoms with Gasteiger partial charge in [-0.1, -0.05) is 12.1 Å². The summed E-state index contributed by atoms with van der Waals surface area (Å²) in [6, 6.07) is 8.72. The van der Waals surface area contributed by atoms with Crippen LogP contribution in [0.2, 0.25) is 0 Å². The summed E-state index contributed by atoms with van der Waals surface area (Å²) in [5, 5.41) is 7.45. The average Bonchev–Trinajstić information content (AvgIpc) is 2.82. The quantitative estimate of drug-likeness (QED) is 0.859. The van der Waals surface area contributed by atoms with Gasteiger partial charge < -0.3 is 5.32 Å². The molecule has 17 heavy (non-hydrogen) atoms. The Morgan fingerprint density at radius 1 is 1.41 bits per heavy atom. The fraction of sp³-hybridized carbons (Fsp3) is 0.308. The monoisotopic (exact) mass is 233 g/mol. The van der Waals surface area contributed by atoms with Crippen LogP contribution < -0.4 is 5.32 Å². The molecule has 3 nitrogen and oxygen atoms in total. The number of halogens is 1. The first-order chi connectivity index (χ1) is 8.25. The third-order valence-corrected chi connectivity index (χ3v) is 2.70. The van der Waals surface area contributed by atoms with Gasteiger partial charge in [0.25, 0.3) is 0 Å². The second kappa shape index (κ2) is 5.59. The van der Waals surface area contributed by atoms with Gasteiger partial charge in [0.1, 0.15) is 5.82 Å². The molecule has 1 aromatic carbocycles. The van der Waals surface area contributed by atoms with E-state index in [2.05, 4.69) is 10.4 Å². The van der Waals surface area contributed by atoms with Gasteiger partial charge in [-0.3, -0.25) is 4.68 Å². The molecule has 1 aromatic heterocycles. The van der Waals surface area contributed by atoms with Gasteiger partial charge >= 0.3 is 0 Å². The highest BCUT2D eigenvalue weighted by Gasteiger charge is 2.04. The molecule has 0 saturated heterocycles. The summed E-state index contributed by atoms with van der Waals surface area (Å²) in [6.07, 6.45) is 3.69. The largest absolute Gasteiger partial charge is 0.308 e. The third-order valence-electron chi connectivity index (χ3n) is 2.70. The van der Waals surface area contributed by atoms with Crippen LogP contribution in [0.15, 0.2) is 42.7 Å². The summed E-state index contributed by atoms with van der Waals surface area (Å²) in [6.45, 7) is 3.64. The molecule has 0 aliphatic carbocycles. The Bertz CT molecular complexity index is 453. The minimum Gasteiger partial charge on any atom is -0.308 e. The lowest BCUT2D eigenvalue weighted by Gasteiger charge is -2.14. The zero-order valence-corrected chi connectivity index (χ0v) is 9.81. The predicted octanol–water partition coefficient (Wildman–Crippen LogP) is 2.37. The summed E-state index contributed by atoms with van der Waals surface area (Å²) < 4.78 is 14.9. The van der Waals surface area contributed by atoms with E-state index in [0.717, 1.165) is 18.7 Å². The molecular weight excluding hydrogens is 217 g/mol. The van der Waals surface area contributed by atoms with Crippen molar-refractivity contribution >= 4 is 0 Å². The first-order valence-electron chi connectivity index (χ1n) is 5.72. The molecule has 0 fully saturated rings. The molecule has 90 valence electrons. The van der Waals surface area contributed by atoms with E-state index in [4.69, 9.17) is 0 Å². The lowest BCUT2D eigenvalue weighted by atomic mass is 10.1. The molecule has 0 spiro atoms. The van der Waals surface area contributed by atoms with Crippen molar-refractivity contribution in [2.75, 3.05) is 6.54 Å². The predicted molar refractivity (Wildman–Crippen MR) is 65.0 cm³/mol. The molecule has 2 rings (SSSR count). The topological polar surface area (TPSA) is 29.9 Å². The van der Waals surface area contributed by atoms with Gasteiger partial charge in [-0.2, -0.15) is 5.10 Å². The van der Waals surface area contributed by atoms with Crippen molar-refractivity contribution in [3.63, 3.8) is 0 Å². The Kier molecular flexibility index (Phi) is 3.88. The van der Waals surface area contributed by atoms with E-state index in [1.807, 2.05) is 29.9 Å². The van der Waals surface area contributed by atoms with Crippen molar-refractivity contribution in [2.24, 2.45) is 0 Å². The average molecular weight is 233 g/mol. The molecule has 0 aliphatic heterocycles. The standard InChI is InChI=1S/C13H16FN3/c1-11(12-4-2-5-13(14)10-12)15-7-9-17-8-3-6-16-17/h2-6,8,10-11,15H,7,9H2,1H3. The Hall–Kier alpha value is -1.68. The summed E-state index contributed by atoms with van der Waals surface area (Å²) in [5.41, 5.74) is 0.963. The summed E-state index contributed by atoms with van der Waals surface area (Å²) >= 11 is 0. The van der Waals surface area contributed by atoms with E-state index in [0.29, 0.717) is 0 Å². The van der Waals surface area contributed by atoms with Gasteiger partial charge in [0.2, 0.25) is 0 Å². The zero-order valence-electron chi connectivity index (χ0n) is 9.81. The molecule has 0 bridgehead atoms. The zero-order chi connectivity index (χ0) is 12.1. The number of rotatable bonds is 5. The van der Waals surface area contributed by atoms with Crippen LogP contribution in [0.5, 0.6) is 0 Å². The van der Waals surface area contributed by atoms with Crippen molar-refractivity contribution in [1.82, 2.24) is 15.1 Å². The van der Waals surface area contributed by atoms with E-state index >= 15 is 0 Å². The number of nitrogens with one attached hydrogen (secondary N) is 1.